The molecule has 2 heterocycles. The number of ether oxygens (including phenoxy) is 1. The van der Waals surface area contributed by atoms with Gasteiger partial charge in [0.15, 0.2) is 0 Å². The van der Waals surface area contributed by atoms with E-state index in [0.29, 0.717) is 18.1 Å². The molecule has 1 fully saturated rings. The largest absolute Gasteiger partial charge is 0.488 e. The van der Waals surface area contributed by atoms with E-state index in [0.717, 1.165) is 25.3 Å². The Hall–Kier alpha value is -1.06. The van der Waals surface area contributed by atoms with Crippen LogP contribution < -0.4 is 10.5 Å². The third-order valence-corrected chi connectivity index (χ3v) is 4.46. The molecule has 3 unspecified atom stereocenters. The van der Waals surface area contributed by atoms with E-state index in [1.165, 1.54) is 24.9 Å². The van der Waals surface area contributed by atoms with Crippen LogP contribution in [-0.2, 0) is 6.42 Å². The van der Waals surface area contributed by atoms with Crippen molar-refractivity contribution in [3.8, 4) is 5.75 Å². The second-order valence-corrected chi connectivity index (χ2v) is 6.07. The first-order chi connectivity index (χ1) is 9.22. The molecule has 0 amide bonds. The number of rotatable bonds is 3. The Morgan fingerprint density at radius 3 is 3.05 bits per heavy atom. The minimum absolute atomic E-state index is 0.310. The standard InChI is InChI=1S/C16H24N2O/c1-12(17)14-6-4-8-18(10-14)11-15-9-13-5-2-3-7-16(13)19-15/h2-3,5,7,12,14-15H,4,6,8-11,17H2,1H3. The highest BCUT2D eigenvalue weighted by Crippen LogP contribution is 2.29. The monoisotopic (exact) mass is 260 g/mol. The van der Waals surface area contributed by atoms with E-state index in [9.17, 15) is 0 Å². The highest BCUT2D eigenvalue weighted by Gasteiger charge is 2.28. The van der Waals surface area contributed by atoms with Crippen LogP contribution in [0.15, 0.2) is 24.3 Å². The lowest BCUT2D eigenvalue weighted by atomic mass is 9.92. The van der Waals surface area contributed by atoms with Crippen molar-refractivity contribution >= 4 is 0 Å². The summed E-state index contributed by atoms with van der Waals surface area (Å²) in [6.45, 7) is 5.50. The Bertz CT molecular complexity index is 408. The topological polar surface area (TPSA) is 38.5 Å². The number of piperidine rings is 1. The van der Waals surface area contributed by atoms with Gasteiger partial charge < -0.3 is 10.5 Å². The van der Waals surface area contributed by atoms with E-state index in [1.807, 2.05) is 6.07 Å². The molecule has 1 aromatic rings. The maximum Gasteiger partial charge on any atom is 0.123 e. The molecule has 3 heteroatoms. The second-order valence-electron chi connectivity index (χ2n) is 6.07. The fraction of sp³-hybridized carbons (Fsp3) is 0.625. The van der Waals surface area contributed by atoms with Crippen molar-refractivity contribution < 1.29 is 4.74 Å². The van der Waals surface area contributed by atoms with Crippen LogP contribution in [0.1, 0.15) is 25.3 Å². The Balaban J connectivity index is 1.56. The average molecular weight is 260 g/mol. The van der Waals surface area contributed by atoms with E-state index in [2.05, 4.69) is 30.0 Å². The molecule has 0 aromatic heterocycles. The number of fused-ring (bicyclic) bond motifs is 1. The van der Waals surface area contributed by atoms with E-state index in [-0.39, 0.29) is 0 Å². The third-order valence-electron chi connectivity index (χ3n) is 4.46. The summed E-state index contributed by atoms with van der Waals surface area (Å²) >= 11 is 0. The van der Waals surface area contributed by atoms with Crippen LogP contribution in [0.25, 0.3) is 0 Å². The minimum Gasteiger partial charge on any atom is -0.488 e. The molecule has 3 rings (SSSR count). The van der Waals surface area contributed by atoms with Crippen molar-refractivity contribution in [1.82, 2.24) is 4.90 Å². The summed E-state index contributed by atoms with van der Waals surface area (Å²) in [5.74, 6) is 1.73. The van der Waals surface area contributed by atoms with E-state index >= 15 is 0 Å². The predicted octanol–water partition coefficient (Wildman–Crippen LogP) is 2.05. The lowest BCUT2D eigenvalue weighted by molar-refractivity contribution is 0.104. The van der Waals surface area contributed by atoms with Gasteiger partial charge >= 0.3 is 0 Å². The summed E-state index contributed by atoms with van der Waals surface area (Å²) in [6, 6.07) is 8.71. The maximum absolute atomic E-state index is 6.05. The van der Waals surface area contributed by atoms with Gasteiger partial charge in [-0.3, -0.25) is 4.90 Å². The van der Waals surface area contributed by atoms with Crippen LogP contribution in [0.3, 0.4) is 0 Å². The zero-order chi connectivity index (χ0) is 13.2. The number of hydrogen-bond donors (Lipinski definition) is 1. The first-order valence-electron chi connectivity index (χ1n) is 7.45. The van der Waals surface area contributed by atoms with Gasteiger partial charge in [0, 0.05) is 25.6 Å². The average Bonchev–Trinajstić information content (AvgIpc) is 2.81. The fourth-order valence-electron chi connectivity index (χ4n) is 3.33. The number of nitrogens with zero attached hydrogens (tertiary/aromatic N) is 1. The molecule has 19 heavy (non-hydrogen) atoms. The molecule has 3 nitrogen and oxygen atoms in total. The van der Waals surface area contributed by atoms with Crippen molar-refractivity contribution in [2.75, 3.05) is 19.6 Å². The Morgan fingerprint density at radius 1 is 1.42 bits per heavy atom. The Morgan fingerprint density at radius 2 is 2.26 bits per heavy atom. The molecule has 104 valence electrons. The minimum atomic E-state index is 0.310. The van der Waals surface area contributed by atoms with Crippen LogP contribution in [-0.4, -0.2) is 36.7 Å². The van der Waals surface area contributed by atoms with Gasteiger partial charge in [-0.2, -0.15) is 0 Å². The van der Waals surface area contributed by atoms with Crippen molar-refractivity contribution in [2.45, 2.75) is 38.3 Å². The zero-order valence-corrected chi connectivity index (χ0v) is 11.7. The summed E-state index contributed by atoms with van der Waals surface area (Å²) in [6.07, 6.45) is 3.92. The third kappa shape index (κ3) is 2.93. The molecule has 1 aromatic carbocycles. The molecular weight excluding hydrogens is 236 g/mol. The van der Waals surface area contributed by atoms with Crippen LogP contribution in [0, 0.1) is 5.92 Å². The van der Waals surface area contributed by atoms with E-state index in [1.54, 1.807) is 0 Å². The SMILES string of the molecule is CC(N)C1CCCN(CC2Cc3ccccc3O2)C1. The molecule has 0 bridgehead atoms. The number of likely N-dealkylation sites (tertiary alicyclic amines) is 1. The summed E-state index contributed by atoms with van der Waals surface area (Å²) in [4.78, 5) is 2.54. The molecule has 0 aliphatic carbocycles. The zero-order valence-electron chi connectivity index (χ0n) is 11.7. The van der Waals surface area contributed by atoms with Crippen LogP contribution in [0.5, 0.6) is 5.75 Å². The van der Waals surface area contributed by atoms with Crippen molar-refractivity contribution in [3.63, 3.8) is 0 Å². The quantitative estimate of drug-likeness (QED) is 0.904. The van der Waals surface area contributed by atoms with E-state index in [4.69, 9.17) is 10.5 Å². The van der Waals surface area contributed by atoms with Gasteiger partial charge in [-0.1, -0.05) is 18.2 Å². The Kier molecular flexibility index (Phi) is 3.76. The molecule has 2 aliphatic heterocycles. The lowest BCUT2D eigenvalue weighted by Crippen LogP contribution is -2.45. The number of benzene rings is 1. The second kappa shape index (κ2) is 5.51. The van der Waals surface area contributed by atoms with Gasteiger partial charge in [0.05, 0.1) is 0 Å². The number of para-hydroxylation sites is 1. The maximum atomic E-state index is 6.05. The number of nitrogens with two attached hydrogens (primary N) is 1. The summed E-state index contributed by atoms with van der Waals surface area (Å²) in [5.41, 5.74) is 7.40. The lowest BCUT2D eigenvalue weighted by Gasteiger charge is -2.35. The molecule has 2 aliphatic rings. The molecular formula is C16H24N2O. The van der Waals surface area contributed by atoms with Gasteiger partial charge in [-0.25, -0.2) is 0 Å². The van der Waals surface area contributed by atoms with Crippen molar-refractivity contribution in [1.29, 1.82) is 0 Å². The highest BCUT2D eigenvalue weighted by molar-refractivity contribution is 5.37. The van der Waals surface area contributed by atoms with Gasteiger partial charge in [0.1, 0.15) is 11.9 Å². The first-order valence-corrected chi connectivity index (χ1v) is 7.45. The van der Waals surface area contributed by atoms with Gasteiger partial charge in [0.2, 0.25) is 0 Å². The molecule has 0 saturated carbocycles. The smallest absolute Gasteiger partial charge is 0.123 e. The fourth-order valence-corrected chi connectivity index (χ4v) is 3.33. The van der Waals surface area contributed by atoms with E-state index < -0.39 is 0 Å². The van der Waals surface area contributed by atoms with Crippen molar-refractivity contribution in [2.24, 2.45) is 11.7 Å². The van der Waals surface area contributed by atoms with Gasteiger partial charge in [0.25, 0.3) is 0 Å². The van der Waals surface area contributed by atoms with Crippen LogP contribution in [0.2, 0.25) is 0 Å². The molecule has 2 N–H and O–H groups in total. The normalized spacial score (nSPS) is 28.7. The first kappa shape index (κ1) is 12.9. The van der Waals surface area contributed by atoms with Gasteiger partial charge in [-0.05, 0) is 43.9 Å². The number of hydrogen-bond acceptors (Lipinski definition) is 3. The van der Waals surface area contributed by atoms with Crippen LogP contribution in [0.4, 0.5) is 0 Å². The molecule has 0 radical (unpaired) electrons. The Labute approximate surface area is 115 Å². The van der Waals surface area contributed by atoms with Gasteiger partial charge in [-0.15, -0.1) is 0 Å². The summed E-state index contributed by atoms with van der Waals surface area (Å²) < 4.78 is 6.03. The predicted molar refractivity (Wildman–Crippen MR) is 77.4 cm³/mol. The molecule has 3 atom stereocenters. The summed E-state index contributed by atoms with van der Waals surface area (Å²) in [5, 5.41) is 0. The van der Waals surface area contributed by atoms with Crippen molar-refractivity contribution in [3.05, 3.63) is 29.8 Å². The van der Waals surface area contributed by atoms with Crippen LogP contribution >= 0.6 is 0 Å². The molecule has 1 saturated heterocycles. The highest BCUT2D eigenvalue weighted by atomic mass is 16.5. The molecule has 0 spiro atoms. The summed E-state index contributed by atoms with van der Waals surface area (Å²) in [7, 11) is 0.